The van der Waals surface area contributed by atoms with Crippen LogP contribution in [0.4, 0.5) is 5.69 Å². The number of hydrogen-bond acceptors (Lipinski definition) is 6. The van der Waals surface area contributed by atoms with Gasteiger partial charge in [-0.05, 0) is 30.5 Å². The third-order valence-corrected chi connectivity index (χ3v) is 3.07. The van der Waals surface area contributed by atoms with Gasteiger partial charge in [0.05, 0.1) is 19.0 Å². The standard InChI is InChI=1S/C12H12N2O3S/c1-8-3-4-9(17-8)7-13-14-10-5-6-18-11(10)12(15)16-2/h3-7,14H,1-2H3. The molecule has 2 aromatic rings. The number of carbonyl (C=O) groups excluding carboxylic acids is 1. The van der Waals surface area contributed by atoms with Crippen molar-refractivity contribution in [1.82, 2.24) is 0 Å². The summed E-state index contributed by atoms with van der Waals surface area (Å²) in [6.45, 7) is 1.86. The van der Waals surface area contributed by atoms with E-state index in [4.69, 9.17) is 4.42 Å². The first-order valence-corrected chi connectivity index (χ1v) is 6.10. The number of rotatable bonds is 4. The number of hydrazone groups is 1. The second-order valence-corrected chi connectivity index (χ2v) is 4.39. The number of thiophene rings is 1. The van der Waals surface area contributed by atoms with Gasteiger partial charge in [-0.3, -0.25) is 5.43 Å². The van der Waals surface area contributed by atoms with Gasteiger partial charge in [-0.2, -0.15) is 5.10 Å². The molecule has 0 aromatic carbocycles. The largest absolute Gasteiger partial charge is 0.465 e. The highest BCUT2D eigenvalue weighted by atomic mass is 32.1. The van der Waals surface area contributed by atoms with Crippen LogP contribution in [0.25, 0.3) is 0 Å². The molecule has 1 N–H and O–H groups in total. The van der Waals surface area contributed by atoms with E-state index >= 15 is 0 Å². The summed E-state index contributed by atoms with van der Waals surface area (Å²) in [5.41, 5.74) is 3.40. The zero-order valence-corrected chi connectivity index (χ0v) is 10.8. The van der Waals surface area contributed by atoms with E-state index in [1.54, 1.807) is 17.7 Å². The highest BCUT2D eigenvalue weighted by Crippen LogP contribution is 2.22. The predicted octanol–water partition coefficient (Wildman–Crippen LogP) is 2.88. The Labute approximate surface area is 108 Å². The SMILES string of the molecule is COC(=O)c1sccc1NN=Cc1ccc(C)o1. The molecule has 0 atom stereocenters. The first-order valence-electron chi connectivity index (χ1n) is 5.22. The zero-order chi connectivity index (χ0) is 13.0. The van der Waals surface area contributed by atoms with Gasteiger partial charge < -0.3 is 9.15 Å². The van der Waals surface area contributed by atoms with Gasteiger partial charge >= 0.3 is 5.97 Å². The van der Waals surface area contributed by atoms with Crippen molar-refractivity contribution in [3.8, 4) is 0 Å². The number of nitrogens with one attached hydrogen (secondary N) is 1. The van der Waals surface area contributed by atoms with Gasteiger partial charge in [0.25, 0.3) is 0 Å². The van der Waals surface area contributed by atoms with Crippen LogP contribution >= 0.6 is 11.3 Å². The van der Waals surface area contributed by atoms with Gasteiger partial charge in [-0.25, -0.2) is 4.79 Å². The molecule has 0 saturated carbocycles. The summed E-state index contributed by atoms with van der Waals surface area (Å²) in [5, 5.41) is 5.80. The number of furan rings is 1. The Balaban J connectivity index is 2.04. The molecule has 2 aromatic heterocycles. The third kappa shape index (κ3) is 2.78. The smallest absolute Gasteiger partial charge is 0.350 e. The monoisotopic (exact) mass is 264 g/mol. The molecule has 2 rings (SSSR count). The first kappa shape index (κ1) is 12.4. The minimum atomic E-state index is -0.378. The second kappa shape index (κ2) is 5.50. The van der Waals surface area contributed by atoms with E-state index in [9.17, 15) is 4.79 Å². The third-order valence-electron chi connectivity index (χ3n) is 2.17. The van der Waals surface area contributed by atoms with E-state index in [1.165, 1.54) is 18.4 Å². The Bertz CT molecular complexity index is 571. The van der Waals surface area contributed by atoms with Gasteiger partial charge in [-0.15, -0.1) is 11.3 Å². The number of anilines is 1. The van der Waals surface area contributed by atoms with E-state index in [0.29, 0.717) is 16.3 Å². The van der Waals surface area contributed by atoms with Gasteiger partial charge in [0, 0.05) is 0 Å². The van der Waals surface area contributed by atoms with Crippen LogP contribution in [-0.4, -0.2) is 19.3 Å². The fraction of sp³-hybridized carbons (Fsp3) is 0.167. The minimum absolute atomic E-state index is 0.378. The molecule has 0 bridgehead atoms. The number of esters is 1. The summed E-state index contributed by atoms with van der Waals surface area (Å²) in [6.07, 6.45) is 1.55. The average Bonchev–Trinajstić information content (AvgIpc) is 2.98. The van der Waals surface area contributed by atoms with Crippen molar-refractivity contribution in [3.63, 3.8) is 0 Å². The lowest BCUT2D eigenvalue weighted by Gasteiger charge is -2.00. The van der Waals surface area contributed by atoms with Crippen molar-refractivity contribution in [1.29, 1.82) is 0 Å². The maximum Gasteiger partial charge on any atom is 0.350 e. The minimum Gasteiger partial charge on any atom is -0.465 e. The van der Waals surface area contributed by atoms with Gasteiger partial charge in [-0.1, -0.05) is 0 Å². The van der Waals surface area contributed by atoms with Crippen LogP contribution in [0.15, 0.2) is 33.1 Å². The topological polar surface area (TPSA) is 63.8 Å². The normalized spacial score (nSPS) is 10.8. The predicted molar refractivity (Wildman–Crippen MR) is 70.3 cm³/mol. The van der Waals surface area contributed by atoms with E-state index in [2.05, 4.69) is 15.3 Å². The summed E-state index contributed by atoms with van der Waals surface area (Å²) < 4.78 is 9.99. The molecular formula is C12H12N2O3S. The number of methoxy groups -OCH3 is 1. The van der Waals surface area contributed by atoms with Crippen molar-refractivity contribution < 1.29 is 13.9 Å². The zero-order valence-electron chi connectivity index (χ0n) is 9.97. The van der Waals surface area contributed by atoms with E-state index in [0.717, 1.165) is 5.76 Å². The van der Waals surface area contributed by atoms with Crippen LogP contribution in [0.2, 0.25) is 0 Å². The maximum atomic E-state index is 11.4. The molecule has 6 heteroatoms. The molecule has 0 aliphatic rings. The molecule has 0 fully saturated rings. The molecule has 5 nitrogen and oxygen atoms in total. The van der Waals surface area contributed by atoms with Crippen molar-refractivity contribution in [2.24, 2.45) is 5.10 Å². The van der Waals surface area contributed by atoms with E-state index in [1.807, 2.05) is 19.1 Å². The molecule has 0 amide bonds. The van der Waals surface area contributed by atoms with Crippen LogP contribution < -0.4 is 5.43 Å². The Kier molecular flexibility index (Phi) is 3.78. The maximum absolute atomic E-state index is 11.4. The Morgan fingerprint density at radius 1 is 1.50 bits per heavy atom. The van der Waals surface area contributed by atoms with Gasteiger partial charge in [0.15, 0.2) is 0 Å². The summed E-state index contributed by atoms with van der Waals surface area (Å²) in [4.78, 5) is 11.9. The lowest BCUT2D eigenvalue weighted by atomic mass is 10.4. The molecule has 18 heavy (non-hydrogen) atoms. The molecule has 2 heterocycles. The highest BCUT2D eigenvalue weighted by molar-refractivity contribution is 7.12. The Morgan fingerprint density at radius 3 is 3.00 bits per heavy atom. The average molecular weight is 264 g/mol. The van der Waals surface area contributed by atoms with Crippen LogP contribution in [0.3, 0.4) is 0 Å². The van der Waals surface area contributed by atoms with Crippen LogP contribution in [0.1, 0.15) is 21.2 Å². The fourth-order valence-corrected chi connectivity index (χ4v) is 2.10. The van der Waals surface area contributed by atoms with Crippen molar-refractivity contribution in [2.45, 2.75) is 6.92 Å². The van der Waals surface area contributed by atoms with Crippen LogP contribution in [-0.2, 0) is 4.74 Å². The van der Waals surface area contributed by atoms with Crippen LogP contribution in [0.5, 0.6) is 0 Å². The summed E-state index contributed by atoms with van der Waals surface area (Å²) in [6, 6.07) is 5.43. The molecule has 94 valence electrons. The summed E-state index contributed by atoms with van der Waals surface area (Å²) in [7, 11) is 1.35. The fourth-order valence-electron chi connectivity index (χ4n) is 1.34. The molecule has 0 radical (unpaired) electrons. The molecular weight excluding hydrogens is 252 g/mol. The number of ether oxygens (including phenoxy) is 1. The van der Waals surface area contributed by atoms with Gasteiger partial charge in [0.1, 0.15) is 16.4 Å². The summed E-state index contributed by atoms with van der Waals surface area (Å²) in [5.74, 6) is 1.09. The van der Waals surface area contributed by atoms with Crippen molar-refractivity contribution >= 4 is 29.2 Å². The van der Waals surface area contributed by atoms with Gasteiger partial charge in [0.2, 0.25) is 0 Å². The summed E-state index contributed by atoms with van der Waals surface area (Å²) >= 11 is 1.30. The first-order chi connectivity index (χ1) is 8.70. The Hall–Kier alpha value is -2.08. The quantitative estimate of drug-likeness (QED) is 0.524. The molecule has 0 unspecified atom stereocenters. The second-order valence-electron chi connectivity index (χ2n) is 3.47. The molecule has 0 spiro atoms. The lowest BCUT2D eigenvalue weighted by Crippen LogP contribution is -2.01. The lowest BCUT2D eigenvalue weighted by molar-refractivity contribution is 0.0607. The molecule has 0 aliphatic heterocycles. The molecule has 0 saturated heterocycles. The highest BCUT2D eigenvalue weighted by Gasteiger charge is 2.12. The van der Waals surface area contributed by atoms with E-state index < -0.39 is 0 Å². The Morgan fingerprint density at radius 2 is 2.33 bits per heavy atom. The number of carbonyl (C=O) groups is 1. The molecule has 0 aliphatic carbocycles. The van der Waals surface area contributed by atoms with Crippen molar-refractivity contribution in [2.75, 3.05) is 12.5 Å². The van der Waals surface area contributed by atoms with E-state index in [-0.39, 0.29) is 5.97 Å². The number of hydrogen-bond donors (Lipinski definition) is 1. The number of aryl methyl sites for hydroxylation is 1. The van der Waals surface area contributed by atoms with Crippen molar-refractivity contribution in [3.05, 3.63) is 40.0 Å². The number of nitrogens with zero attached hydrogens (tertiary/aromatic N) is 1. The van der Waals surface area contributed by atoms with Crippen LogP contribution in [0, 0.1) is 6.92 Å².